The highest BCUT2D eigenvalue weighted by Gasteiger charge is 2.29. The van der Waals surface area contributed by atoms with E-state index in [1.165, 1.54) is 6.07 Å². The normalized spacial score (nSPS) is 17.0. The molecule has 2 rings (SSSR count). The van der Waals surface area contributed by atoms with Gasteiger partial charge in [-0.1, -0.05) is 28.1 Å². The van der Waals surface area contributed by atoms with Crippen LogP contribution in [0.2, 0.25) is 0 Å². The van der Waals surface area contributed by atoms with Gasteiger partial charge in [0.1, 0.15) is 4.90 Å². The summed E-state index contributed by atoms with van der Waals surface area (Å²) in [4.78, 5) is 0.217. The molecular formula is C9H8BrNO3S. The molecule has 0 fully saturated rings. The molecule has 0 N–H and O–H groups in total. The Morgan fingerprint density at radius 2 is 2.07 bits per heavy atom. The van der Waals surface area contributed by atoms with Gasteiger partial charge in [-0.25, -0.2) is 0 Å². The summed E-state index contributed by atoms with van der Waals surface area (Å²) in [5, 5.41) is 0.633. The Morgan fingerprint density at radius 3 is 2.80 bits per heavy atom. The third kappa shape index (κ3) is 1.91. The highest BCUT2D eigenvalue weighted by Crippen LogP contribution is 2.26. The third-order valence-electron chi connectivity index (χ3n) is 1.91. The van der Waals surface area contributed by atoms with E-state index in [9.17, 15) is 8.42 Å². The summed E-state index contributed by atoms with van der Waals surface area (Å²) in [7, 11) is -3.54. The van der Waals surface area contributed by atoms with E-state index in [0.717, 1.165) is 0 Å². The predicted octanol–water partition coefficient (Wildman–Crippen LogP) is 1.55. The van der Waals surface area contributed by atoms with Crippen molar-refractivity contribution in [2.24, 2.45) is 4.40 Å². The van der Waals surface area contributed by atoms with Crippen molar-refractivity contribution in [3.05, 3.63) is 29.8 Å². The Kier molecular flexibility index (Phi) is 2.79. The second kappa shape index (κ2) is 3.94. The molecule has 0 saturated heterocycles. The molecule has 0 atom stereocenters. The van der Waals surface area contributed by atoms with Gasteiger partial charge in [-0.15, -0.1) is 4.40 Å². The van der Waals surface area contributed by atoms with Gasteiger partial charge in [-0.2, -0.15) is 8.42 Å². The minimum atomic E-state index is -3.54. The molecule has 0 radical (unpaired) electrons. The van der Waals surface area contributed by atoms with Gasteiger partial charge in [0.25, 0.3) is 10.0 Å². The monoisotopic (exact) mass is 289 g/mol. The van der Waals surface area contributed by atoms with Crippen molar-refractivity contribution in [1.29, 1.82) is 0 Å². The van der Waals surface area contributed by atoms with Crippen molar-refractivity contribution in [2.45, 2.75) is 4.90 Å². The van der Waals surface area contributed by atoms with Gasteiger partial charge in [-0.3, -0.25) is 0 Å². The van der Waals surface area contributed by atoms with Crippen molar-refractivity contribution in [3.8, 4) is 0 Å². The Morgan fingerprint density at radius 1 is 1.33 bits per heavy atom. The standard InChI is InChI=1S/C9H8BrNO3S/c10-5-6-14-9-7-3-1-2-4-8(7)15(12,13)11-9/h1-4H,5-6H2. The van der Waals surface area contributed by atoms with Crippen LogP contribution in [0.5, 0.6) is 0 Å². The SMILES string of the molecule is O=S1(=O)N=C(OCCBr)c2ccccc21. The van der Waals surface area contributed by atoms with E-state index in [1.54, 1.807) is 18.2 Å². The Bertz CT molecular complexity index is 510. The maximum atomic E-state index is 11.5. The minimum absolute atomic E-state index is 0.185. The van der Waals surface area contributed by atoms with Crippen molar-refractivity contribution < 1.29 is 13.2 Å². The van der Waals surface area contributed by atoms with Crippen LogP contribution >= 0.6 is 15.9 Å². The van der Waals surface area contributed by atoms with Crippen LogP contribution in [-0.2, 0) is 14.8 Å². The van der Waals surface area contributed by atoms with E-state index in [4.69, 9.17) is 4.74 Å². The van der Waals surface area contributed by atoms with Crippen LogP contribution in [0.1, 0.15) is 5.56 Å². The highest BCUT2D eigenvalue weighted by atomic mass is 79.9. The minimum Gasteiger partial charge on any atom is -0.476 e. The molecule has 1 aliphatic rings. The summed E-state index contributed by atoms with van der Waals surface area (Å²) < 4.78 is 31.9. The second-order valence-electron chi connectivity index (χ2n) is 2.91. The number of fused-ring (bicyclic) bond motifs is 1. The molecule has 0 aliphatic carbocycles. The van der Waals surface area contributed by atoms with E-state index in [0.29, 0.717) is 17.5 Å². The summed E-state index contributed by atoms with van der Waals surface area (Å²) in [5.74, 6) is 0.185. The third-order valence-corrected chi connectivity index (χ3v) is 3.56. The van der Waals surface area contributed by atoms with Crippen LogP contribution in [0.3, 0.4) is 0 Å². The average Bonchev–Trinajstić information content (AvgIpc) is 2.49. The van der Waals surface area contributed by atoms with Crippen molar-refractivity contribution in [3.63, 3.8) is 0 Å². The van der Waals surface area contributed by atoms with Gasteiger partial charge >= 0.3 is 0 Å². The van der Waals surface area contributed by atoms with Gasteiger partial charge in [0, 0.05) is 5.33 Å². The summed E-state index contributed by atoms with van der Waals surface area (Å²) in [5.41, 5.74) is 0.540. The van der Waals surface area contributed by atoms with Crippen LogP contribution in [0.4, 0.5) is 0 Å². The van der Waals surface area contributed by atoms with Crippen LogP contribution in [-0.4, -0.2) is 26.3 Å². The molecule has 4 nitrogen and oxygen atoms in total. The lowest BCUT2D eigenvalue weighted by atomic mass is 10.2. The quantitative estimate of drug-likeness (QED) is 0.776. The number of benzene rings is 1. The Hall–Kier alpha value is -0.880. The van der Waals surface area contributed by atoms with Crippen LogP contribution < -0.4 is 0 Å². The van der Waals surface area contributed by atoms with Crippen molar-refractivity contribution in [2.75, 3.05) is 11.9 Å². The van der Waals surface area contributed by atoms with Crippen molar-refractivity contribution in [1.82, 2.24) is 0 Å². The fourth-order valence-corrected chi connectivity index (χ4v) is 2.63. The van der Waals surface area contributed by atoms with E-state index in [2.05, 4.69) is 20.3 Å². The first-order valence-electron chi connectivity index (χ1n) is 4.28. The maximum absolute atomic E-state index is 11.5. The number of hydrogen-bond donors (Lipinski definition) is 0. The topological polar surface area (TPSA) is 55.7 Å². The zero-order valence-electron chi connectivity index (χ0n) is 7.68. The predicted molar refractivity (Wildman–Crippen MR) is 59.9 cm³/mol. The summed E-state index contributed by atoms with van der Waals surface area (Å²) in [6, 6.07) is 6.64. The van der Waals surface area contributed by atoms with Gasteiger partial charge in [-0.05, 0) is 12.1 Å². The zero-order chi connectivity index (χ0) is 10.9. The summed E-state index contributed by atoms with van der Waals surface area (Å²) >= 11 is 3.20. The number of rotatable bonds is 2. The molecule has 1 aromatic carbocycles. The Balaban J connectivity index is 2.44. The second-order valence-corrected chi connectivity index (χ2v) is 5.27. The number of nitrogens with zero attached hydrogens (tertiary/aromatic N) is 1. The molecule has 1 heterocycles. The van der Waals surface area contributed by atoms with Gasteiger partial charge in [0.15, 0.2) is 0 Å². The smallest absolute Gasteiger partial charge is 0.286 e. The fraction of sp³-hybridized carbons (Fsp3) is 0.222. The molecule has 1 aliphatic heterocycles. The summed E-state index contributed by atoms with van der Waals surface area (Å²) in [6.45, 7) is 0.392. The maximum Gasteiger partial charge on any atom is 0.286 e. The molecule has 15 heavy (non-hydrogen) atoms. The molecule has 0 amide bonds. The highest BCUT2D eigenvalue weighted by molar-refractivity contribution is 9.09. The number of alkyl halides is 1. The van der Waals surface area contributed by atoms with E-state index >= 15 is 0 Å². The first-order valence-corrected chi connectivity index (χ1v) is 6.84. The molecule has 0 saturated carbocycles. The molecule has 80 valence electrons. The molecule has 0 spiro atoms. The van der Waals surface area contributed by atoms with Crippen LogP contribution in [0, 0.1) is 0 Å². The number of halogens is 1. The first-order chi connectivity index (χ1) is 7.15. The fourth-order valence-electron chi connectivity index (χ4n) is 1.32. The van der Waals surface area contributed by atoms with E-state index in [1.807, 2.05) is 0 Å². The summed E-state index contributed by atoms with van der Waals surface area (Å²) in [6.07, 6.45) is 0. The lowest BCUT2D eigenvalue weighted by Crippen LogP contribution is -2.06. The number of hydrogen-bond acceptors (Lipinski definition) is 3. The Labute approximate surface area is 96.2 Å². The lowest BCUT2D eigenvalue weighted by Gasteiger charge is -2.02. The molecule has 6 heteroatoms. The molecule has 0 aromatic heterocycles. The molecule has 0 unspecified atom stereocenters. The zero-order valence-corrected chi connectivity index (χ0v) is 10.1. The number of ether oxygens (including phenoxy) is 1. The van der Waals surface area contributed by atoms with E-state index in [-0.39, 0.29) is 10.8 Å². The molecular weight excluding hydrogens is 282 g/mol. The van der Waals surface area contributed by atoms with Gasteiger partial charge < -0.3 is 4.74 Å². The molecule has 0 bridgehead atoms. The number of sulfonamides is 1. The van der Waals surface area contributed by atoms with Crippen molar-refractivity contribution >= 4 is 31.9 Å². The average molecular weight is 290 g/mol. The van der Waals surface area contributed by atoms with Crippen LogP contribution in [0.15, 0.2) is 33.6 Å². The van der Waals surface area contributed by atoms with Gasteiger partial charge in [0.2, 0.25) is 5.90 Å². The van der Waals surface area contributed by atoms with E-state index < -0.39 is 10.0 Å². The first kappa shape index (κ1) is 10.6. The largest absolute Gasteiger partial charge is 0.476 e. The molecule has 1 aromatic rings. The van der Waals surface area contributed by atoms with Gasteiger partial charge in [0.05, 0.1) is 12.2 Å². The van der Waals surface area contributed by atoms with Crippen LogP contribution in [0.25, 0.3) is 0 Å². The lowest BCUT2D eigenvalue weighted by molar-refractivity contribution is 0.334.